The van der Waals surface area contributed by atoms with E-state index in [1.165, 1.54) is 12.8 Å². The van der Waals surface area contributed by atoms with Crippen LogP contribution in [0.25, 0.3) is 0 Å². The minimum Gasteiger partial charge on any atom is -0.378 e. The molecule has 0 aromatic carbocycles. The maximum absolute atomic E-state index is 11.7. The van der Waals surface area contributed by atoms with Crippen molar-refractivity contribution in [2.45, 2.75) is 65.0 Å². The lowest BCUT2D eigenvalue weighted by molar-refractivity contribution is -0.122. The molecule has 4 nitrogen and oxygen atoms in total. The van der Waals surface area contributed by atoms with Gasteiger partial charge < -0.3 is 15.8 Å². The maximum Gasteiger partial charge on any atom is 0.221 e. The zero-order chi connectivity index (χ0) is 13.6. The lowest BCUT2D eigenvalue weighted by atomic mass is 9.85. The van der Waals surface area contributed by atoms with Gasteiger partial charge >= 0.3 is 0 Å². The average molecular weight is 256 g/mol. The number of rotatable bonds is 5. The van der Waals surface area contributed by atoms with E-state index < -0.39 is 0 Å². The molecule has 1 saturated heterocycles. The second kappa shape index (κ2) is 7.10. The number of ether oxygens (including phenoxy) is 1. The van der Waals surface area contributed by atoms with Crippen LogP contribution in [-0.4, -0.2) is 31.2 Å². The molecule has 1 fully saturated rings. The van der Waals surface area contributed by atoms with Crippen molar-refractivity contribution in [3.8, 4) is 0 Å². The summed E-state index contributed by atoms with van der Waals surface area (Å²) in [5, 5.41) is 2.93. The first-order chi connectivity index (χ1) is 8.39. The van der Waals surface area contributed by atoms with Crippen LogP contribution in [0.15, 0.2) is 0 Å². The van der Waals surface area contributed by atoms with Gasteiger partial charge in [0, 0.05) is 25.6 Å². The van der Waals surface area contributed by atoms with E-state index in [0.717, 1.165) is 19.4 Å². The molecule has 0 spiro atoms. The summed E-state index contributed by atoms with van der Waals surface area (Å²) in [6.07, 6.45) is 5.18. The van der Waals surface area contributed by atoms with Gasteiger partial charge in [-0.1, -0.05) is 20.8 Å². The highest BCUT2D eigenvalue weighted by Crippen LogP contribution is 2.19. The van der Waals surface area contributed by atoms with Crippen LogP contribution in [0, 0.1) is 5.41 Å². The Kier molecular flexibility index (Phi) is 6.09. The van der Waals surface area contributed by atoms with Crippen LogP contribution in [0.1, 0.15) is 52.9 Å². The second-order valence-electron chi connectivity index (χ2n) is 6.30. The largest absolute Gasteiger partial charge is 0.378 e. The number of carbonyl (C=O) groups excluding carboxylic acids is 1. The van der Waals surface area contributed by atoms with Crippen LogP contribution in [0.4, 0.5) is 0 Å². The Balaban J connectivity index is 2.13. The molecule has 0 saturated carbocycles. The quantitative estimate of drug-likeness (QED) is 0.788. The van der Waals surface area contributed by atoms with Crippen LogP contribution in [0.2, 0.25) is 0 Å². The standard InChI is InChI=1S/C14H28N2O2/c1-14(2,3)12(15)10-13(17)16-8-7-11-6-4-5-9-18-11/h11-12H,4-10,15H2,1-3H3,(H,16,17). The summed E-state index contributed by atoms with van der Waals surface area (Å²) < 4.78 is 5.62. The van der Waals surface area contributed by atoms with Crippen molar-refractivity contribution in [2.75, 3.05) is 13.2 Å². The van der Waals surface area contributed by atoms with Gasteiger partial charge in [-0.25, -0.2) is 0 Å². The van der Waals surface area contributed by atoms with Gasteiger partial charge in [-0.15, -0.1) is 0 Å². The number of carbonyl (C=O) groups is 1. The van der Waals surface area contributed by atoms with Gasteiger partial charge in [0.2, 0.25) is 5.91 Å². The third-order valence-electron chi connectivity index (χ3n) is 3.58. The van der Waals surface area contributed by atoms with Crippen molar-refractivity contribution in [3.05, 3.63) is 0 Å². The molecule has 0 bridgehead atoms. The summed E-state index contributed by atoms with van der Waals surface area (Å²) in [6, 6.07) is -0.0940. The summed E-state index contributed by atoms with van der Waals surface area (Å²) in [4.78, 5) is 11.7. The Labute approximate surface area is 111 Å². The number of amides is 1. The molecule has 2 atom stereocenters. The van der Waals surface area contributed by atoms with Gasteiger partial charge in [0.15, 0.2) is 0 Å². The average Bonchev–Trinajstić information content (AvgIpc) is 2.29. The van der Waals surface area contributed by atoms with Crippen LogP contribution in [0.5, 0.6) is 0 Å². The molecule has 3 N–H and O–H groups in total. The van der Waals surface area contributed by atoms with Crippen LogP contribution < -0.4 is 11.1 Å². The molecule has 1 aliphatic heterocycles. The summed E-state index contributed by atoms with van der Waals surface area (Å²) >= 11 is 0. The smallest absolute Gasteiger partial charge is 0.221 e. The molecule has 1 heterocycles. The van der Waals surface area contributed by atoms with E-state index >= 15 is 0 Å². The molecule has 106 valence electrons. The predicted molar refractivity (Wildman–Crippen MR) is 73.3 cm³/mol. The Hall–Kier alpha value is -0.610. The Morgan fingerprint density at radius 1 is 1.44 bits per heavy atom. The number of hydrogen-bond donors (Lipinski definition) is 2. The highest BCUT2D eigenvalue weighted by Gasteiger charge is 2.23. The lowest BCUT2D eigenvalue weighted by Crippen LogP contribution is -2.40. The molecule has 1 rings (SSSR count). The monoisotopic (exact) mass is 256 g/mol. The van der Waals surface area contributed by atoms with E-state index in [2.05, 4.69) is 26.1 Å². The topological polar surface area (TPSA) is 64.4 Å². The molecule has 4 heteroatoms. The zero-order valence-corrected chi connectivity index (χ0v) is 12.0. The van der Waals surface area contributed by atoms with Crippen molar-refractivity contribution in [1.82, 2.24) is 5.32 Å². The molecule has 0 aliphatic carbocycles. The van der Waals surface area contributed by atoms with E-state index in [9.17, 15) is 4.79 Å². The molecule has 0 radical (unpaired) electrons. The minimum absolute atomic E-state index is 0.0240. The summed E-state index contributed by atoms with van der Waals surface area (Å²) in [5.41, 5.74) is 5.96. The molecule has 0 aromatic heterocycles. The van der Waals surface area contributed by atoms with Crippen molar-refractivity contribution in [1.29, 1.82) is 0 Å². The third kappa shape index (κ3) is 5.83. The number of nitrogens with one attached hydrogen (secondary N) is 1. The van der Waals surface area contributed by atoms with Crippen LogP contribution >= 0.6 is 0 Å². The van der Waals surface area contributed by atoms with Gasteiger partial charge in [-0.3, -0.25) is 4.79 Å². The number of hydrogen-bond acceptors (Lipinski definition) is 3. The molecule has 1 amide bonds. The zero-order valence-electron chi connectivity index (χ0n) is 12.0. The van der Waals surface area contributed by atoms with E-state index in [1.54, 1.807) is 0 Å². The van der Waals surface area contributed by atoms with Crippen LogP contribution in [0.3, 0.4) is 0 Å². The normalized spacial score (nSPS) is 22.6. The molecule has 1 aliphatic rings. The first-order valence-electron chi connectivity index (χ1n) is 7.03. The van der Waals surface area contributed by atoms with E-state index in [-0.39, 0.29) is 17.4 Å². The third-order valence-corrected chi connectivity index (χ3v) is 3.58. The summed E-state index contributed by atoms with van der Waals surface area (Å²) in [6.45, 7) is 7.73. The summed E-state index contributed by atoms with van der Waals surface area (Å²) in [7, 11) is 0. The van der Waals surface area contributed by atoms with Gasteiger partial charge in [-0.2, -0.15) is 0 Å². The van der Waals surface area contributed by atoms with E-state index in [1.807, 2.05) is 0 Å². The minimum atomic E-state index is -0.0940. The predicted octanol–water partition coefficient (Wildman–Crippen LogP) is 1.83. The van der Waals surface area contributed by atoms with Crippen molar-refractivity contribution < 1.29 is 9.53 Å². The Morgan fingerprint density at radius 3 is 2.72 bits per heavy atom. The van der Waals surface area contributed by atoms with Gasteiger partial charge in [0.1, 0.15) is 0 Å². The lowest BCUT2D eigenvalue weighted by Gasteiger charge is -2.26. The highest BCUT2D eigenvalue weighted by molar-refractivity contribution is 5.76. The van der Waals surface area contributed by atoms with Gasteiger partial charge in [0.05, 0.1) is 6.10 Å². The molecular weight excluding hydrogens is 228 g/mol. The molecule has 0 aromatic rings. The maximum atomic E-state index is 11.7. The molecular formula is C14H28N2O2. The SMILES string of the molecule is CC(C)(C)C(N)CC(=O)NCCC1CCCCO1. The molecule has 2 unspecified atom stereocenters. The van der Waals surface area contributed by atoms with E-state index in [0.29, 0.717) is 19.1 Å². The Bertz CT molecular complexity index is 255. The Morgan fingerprint density at radius 2 is 2.17 bits per heavy atom. The van der Waals surface area contributed by atoms with Crippen molar-refractivity contribution in [3.63, 3.8) is 0 Å². The van der Waals surface area contributed by atoms with E-state index in [4.69, 9.17) is 10.5 Å². The van der Waals surface area contributed by atoms with Crippen molar-refractivity contribution >= 4 is 5.91 Å². The highest BCUT2D eigenvalue weighted by atomic mass is 16.5. The fourth-order valence-electron chi connectivity index (χ4n) is 1.99. The van der Waals surface area contributed by atoms with Crippen molar-refractivity contribution in [2.24, 2.45) is 11.1 Å². The molecule has 18 heavy (non-hydrogen) atoms. The first kappa shape index (κ1) is 15.4. The second-order valence-corrected chi connectivity index (χ2v) is 6.30. The fraction of sp³-hybridized carbons (Fsp3) is 0.929. The van der Waals surface area contributed by atoms with Crippen LogP contribution in [-0.2, 0) is 9.53 Å². The number of nitrogens with two attached hydrogens (primary N) is 1. The fourth-order valence-corrected chi connectivity index (χ4v) is 1.99. The van der Waals surface area contributed by atoms with Gasteiger partial charge in [-0.05, 0) is 31.1 Å². The van der Waals surface area contributed by atoms with Gasteiger partial charge in [0.25, 0.3) is 0 Å². The first-order valence-corrected chi connectivity index (χ1v) is 7.03. The summed E-state index contributed by atoms with van der Waals surface area (Å²) in [5.74, 6) is 0.0493.